The minimum atomic E-state index is 0.722. The third-order valence-electron chi connectivity index (χ3n) is 3.95. The Morgan fingerprint density at radius 1 is 0.895 bits per heavy atom. The standard InChI is InChI=1S/C16H35N3/c1-6-16(12-17-11-14(2)3)19-9-7-18(8-10-19)13-15(4)5/h14-17H,6-13H2,1-5H3. The molecule has 0 bridgehead atoms. The number of hydrogen-bond donors (Lipinski definition) is 1. The average molecular weight is 269 g/mol. The zero-order valence-corrected chi connectivity index (χ0v) is 13.8. The molecule has 0 aromatic heterocycles. The van der Waals surface area contributed by atoms with Gasteiger partial charge in [0.25, 0.3) is 0 Å². The van der Waals surface area contributed by atoms with Crippen molar-refractivity contribution in [2.45, 2.75) is 47.1 Å². The van der Waals surface area contributed by atoms with E-state index in [0.717, 1.165) is 31.0 Å². The maximum atomic E-state index is 3.62. The van der Waals surface area contributed by atoms with Crippen LogP contribution in [-0.4, -0.2) is 61.7 Å². The summed E-state index contributed by atoms with van der Waals surface area (Å²) in [6, 6.07) is 0.722. The summed E-state index contributed by atoms with van der Waals surface area (Å²) in [6.45, 7) is 20.0. The summed E-state index contributed by atoms with van der Waals surface area (Å²) >= 11 is 0. The fraction of sp³-hybridized carbons (Fsp3) is 1.00. The van der Waals surface area contributed by atoms with Gasteiger partial charge in [0.05, 0.1) is 0 Å². The van der Waals surface area contributed by atoms with Crippen molar-refractivity contribution in [1.82, 2.24) is 15.1 Å². The third kappa shape index (κ3) is 6.73. The maximum absolute atomic E-state index is 3.62. The lowest BCUT2D eigenvalue weighted by atomic mass is 10.1. The minimum absolute atomic E-state index is 0.722. The molecule has 1 aliphatic rings. The fourth-order valence-electron chi connectivity index (χ4n) is 2.90. The van der Waals surface area contributed by atoms with E-state index in [-0.39, 0.29) is 0 Å². The molecule has 114 valence electrons. The van der Waals surface area contributed by atoms with Crippen LogP contribution in [-0.2, 0) is 0 Å². The van der Waals surface area contributed by atoms with Crippen molar-refractivity contribution in [3.63, 3.8) is 0 Å². The molecular weight excluding hydrogens is 234 g/mol. The largest absolute Gasteiger partial charge is 0.315 e. The number of nitrogens with zero attached hydrogens (tertiary/aromatic N) is 2. The maximum Gasteiger partial charge on any atom is 0.0219 e. The summed E-state index contributed by atoms with van der Waals surface area (Å²) in [4.78, 5) is 5.31. The molecule has 0 radical (unpaired) electrons. The molecule has 1 rings (SSSR count). The molecule has 0 spiro atoms. The summed E-state index contributed by atoms with van der Waals surface area (Å²) < 4.78 is 0. The normalized spacial score (nSPS) is 20.4. The van der Waals surface area contributed by atoms with Gasteiger partial charge in [-0.25, -0.2) is 0 Å². The van der Waals surface area contributed by atoms with Crippen molar-refractivity contribution in [3.05, 3.63) is 0 Å². The highest BCUT2D eigenvalue weighted by Gasteiger charge is 2.22. The molecule has 0 saturated carbocycles. The zero-order valence-electron chi connectivity index (χ0n) is 13.8. The number of nitrogens with one attached hydrogen (secondary N) is 1. The molecular formula is C16H35N3. The van der Waals surface area contributed by atoms with Gasteiger partial charge >= 0.3 is 0 Å². The number of hydrogen-bond acceptors (Lipinski definition) is 3. The van der Waals surface area contributed by atoms with Gasteiger partial charge in [0.1, 0.15) is 0 Å². The van der Waals surface area contributed by atoms with Crippen LogP contribution < -0.4 is 5.32 Å². The number of rotatable bonds is 8. The van der Waals surface area contributed by atoms with E-state index in [1.807, 2.05) is 0 Å². The highest BCUT2D eigenvalue weighted by molar-refractivity contribution is 4.79. The van der Waals surface area contributed by atoms with Crippen molar-refractivity contribution in [1.29, 1.82) is 0 Å². The first-order valence-corrected chi connectivity index (χ1v) is 8.20. The van der Waals surface area contributed by atoms with Crippen LogP contribution in [0.5, 0.6) is 0 Å². The lowest BCUT2D eigenvalue weighted by molar-refractivity contribution is 0.0863. The second-order valence-corrected chi connectivity index (χ2v) is 6.84. The molecule has 1 saturated heterocycles. The van der Waals surface area contributed by atoms with Gasteiger partial charge in [0, 0.05) is 45.3 Å². The molecule has 1 N–H and O–H groups in total. The van der Waals surface area contributed by atoms with Crippen LogP contribution in [0, 0.1) is 11.8 Å². The molecule has 0 amide bonds. The Morgan fingerprint density at radius 3 is 2.00 bits per heavy atom. The molecule has 1 fully saturated rings. The Bertz CT molecular complexity index is 220. The van der Waals surface area contributed by atoms with Crippen LogP contribution in [0.4, 0.5) is 0 Å². The van der Waals surface area contributed by atoms with Gasteiger partial charge in [0.15, 0.2) is 0 Å². The average Bonchev–Trinajstić information content (AvgIpc) is 2.35. The van der Waals surface area contributed by atoms with Crippen molar-refractivity contribution in [2.24, 2.45) is 11.8 Å². The summed E-state index contributed by atoms with van der Waals surface area (Å²) in [7, 11) is 0. The smallest absolute Gasteiger partial charge is 0.0219 e. The van der Waals surface area contributed by atoms with E-state index >= 15 is 0 Å². The van der Waals surface area contributed by atoms with Gasteiger partial charge < -0.3 is 10.2 Å². The van der Waals surface area contributed by atoms with Crippen molar-refractivity contribution < 1.29 is 0 Å². The van der Waals surface area contributed by atoms with Gasteiger partial charge in [-0.3, -0.25) is 4.90 Å². The van der Waals surface area contributed by atoms with Crippen molar-refractivity contribution in [3.8, 4) is 0 Å². The van der Waals surface area contributed by atoms with Crippen LogP contribution >= 0.6 is 0 Å². The molecule has 1 aliphatic heterocycles. The summed E-state index contributed by atoms with van der Waals surface area (Å²) in [5.41, 5.74) is 0. The lowest BCUT2D eigenvalue weighted by Gasteiger charge is -2.39. The molecule has 19 heavy (non-hydrogen) atoms. The van der Waals surface area contributed by atoms with Gasteiger partial charge in [-0.2, -0.15) is 0 Å². The van der Waals surface area contributed by atoms with Crippen LogP contribution in [0.25, 0.3) is 0 Å². The summed E-state index contributed by atoms with van der Waals surface area (Å²) in [6.07, 6.45) is 1.26. The Hall–Kier alpha value is -0.120. The van der Waals surface area contributed by atoms with Gasteiger partial charge in [-0.15, -0.1) is 0 Å². The second kappa shape index (κ2) is 8.93. The monoisotopic (exact) mass is 269 g/mol. The van der Waals surface area contributed by atoms with E-state index in [0.29, 0.717) is 0 Å². The van der Waals surface area contributed by atoms with Crippen LogP contribution in [0.2, 0.25) is 0 Å². The Morgan fingerprint density at radius 2 is 1.53 bits per heavy atom. The highest BCUT2D eigenvalue weighted by atomic mass is 15.3. The van der Waals surface area contributed by atoms with E-state index < -0.39 is 0 Å². The molecule has 0 aromatic rings. The van der Waals surface area contributed by atoms with Gasteiger partial charge in [-0.1, -0.05) is 34.6 Å². The first kappa shape index (κ1) is 16.9. The van der Waals surface area contributed by atoms with E-state index in [9.17, 15) is 0 Å². The number of piperazine rings is 1. The van der Waals surface area contributed by atoms with E-state index in [1.54, 1.807) is 0 Å². The Kier molecular flexibility index (Phi) is 7.96. The van der Waals surface area contributed by atoms with Crippen LogP contribution in [0.1, 0.15) is 41.0 Å². The molecule has 1 heterocycles. The summed E-state index contributed by atoms with van der Waals surface area (Å²) in [5.74, 6) is 1.54. The van der Waals surface area contributed by atoms with Crippen molar-refractivity contribution >= 4 is 0 Å². The van der Waals surface area contributed by atoms with Crippen LogP contribution in [0.3, 0.4) is 0 Å². The Balaban J connectivity index is 2.26. The Labute approximate surface area is 120 Å². The predicted molar refractivity (Wildman–Crippen MR) is 84.6 cm³/mol. The van der Waals surface area contributed by atoms with E-state index in [1.165, 1.54) is 39.1 Å². The third-order valence-corrected chi connectivity index (χ3v) is 3.95. The topological polar surface area (TPSA) is 18.5 Å². The van der Waals surface area contributed by atoms with Gasteiger partial charge in [0.2, 0.25) is 0 Å². The van der Waals surface area contributed by atoms with Gasteiger partial charge in [-0.05, 0) is 24.8 Å². The quantitative estimate of drug-likeness (QED) is 0.729. The SMILES string of the molecule is CCC(CNCC(C)C)N1CCN(CC(C)C)CC1. The van der Waals surface area contributed by atoms with Crippen molar-refractivity contribution in [2.75, 3.05) is 45.8 Å². The lowest BCUT2D eigenvalue weighted by Crippen LogP contribution is -2.53. The molecule has 3 nitrogen and oxygen atoms in total. The van der Waals surface area contributed by atoms with E-state index in [2.05, 4.69) is 49.7 Å². The molecule has 3 heteroatoms. The molecule has 0 aliphatic carbocycles. The highest BCUT2D eigenvalue weighted by Crippen LogP contribution is 2.10. The second-order valence-electron chi connectivity index (χ2n) is 6.84. The first-order chi connectivity index (χ1) is 9.02. The minimum Gasteiger partial charge on any atom is -0.315 e. The zero-order chi connectivity index (χ0) is 14.3. The fourth-order valence-corrected chi connectivity index (χ4v) is 2.90. The molecule has 1 atom stereocenters. The summed E-state index contributed by atoms with van der Waals surface area (Å²) in [5, 5.41) is 3.62. The van der Waals surface area contributed by atoms with E-state index in [4.69, 9.17) is 0 Å². The first-order valence-electron chi connectivity index (χ1n) is 8.20. The predicted octanol–water partition coefficient (Wildman–Crippen LogP) is 2.28. The molecule has 0 aromatic carbocycles. The molecule has 1 unspecified atom stereocenters. The van der Waals surface area contributed by atoms with Crippen LogP contribution in [0.15, 0.2) is 0 Å².